The maximum atomic E-state index is 14.1. The van der Waals surface area contributed by atoms with Crippen molar-refractivity contribution in [3.63, 3.8) is 0 Å². The number of rotatable bonds is 5. The molecule has 210 valence electrons. The molecule has 0 amide bonds. The van der Waals surface area contributed by atoms with Crippen molar-refractivity contribution >= 4 is 46.0 Å². The Morgan fingerprint density at radius 3 is 2.66 bits per heavy atom. The van der Waals surface area contributed by atoms with Crippen LogP contribution in [0.15, 0.2) is 63.5 Å². The summed E-state index contributed by atoms with van der Waals surface area (Å²) in [4.78, 5) is 32.5. The number of ether oxygens (including phenoxy) is 3. The number of benzene rings is 2. The minimum Gasteiger partial charge on any atom is -0.463 e. The second-order valence-electron chi connectivity index (χ2n) is 10.0. The molecule has 0 fully saturated rings. The van der Waals surface area contributed by atoms with Crippen LogP contribution in [0.1, 0.15) is 48.0 Å². The Balaban J connectivity index is 1.52. The molecule has 0 aliphatic carbocycles. The number of esters is 1. The quantitative estimate of drug-likeness (QED) is 0.222. The van der Waals surface area contributed by atoms with Gasteiger partial charge in [-0.05, 0) is 116 Å². The van der Waals surface area contributed by atoms with Gasteiger partial charge in [0.2, 0.25) is 6.79 Å². The van der Waals surface area contributed by atoms with E-state index in [1.807, 2.05) is 18.2 Å². The Morgan fingerprint density at radius 1 is 1.12 bits per heavy atom. The molecule has 10 heteroatoms. The number of fused-ring (bicyclic) bond motifs is 2. The van der Waals surface area contributed by atoms with E-state index in [1.54, 1.807) is 24.5 Å². The summed E-state index contributed by atoms with van der Waals surface area (Å²) < 4.78 is 22.0. The van der Waals surface area contributed by atoms with Gasteiger partial charge < -0.3 is 18.8 Å². The molecule has 1 unspecified atom stereocenters. The topological polar surface area (TPSA) is 84.1 Å². The van der Waals surface area contributed by atoms with Crippen molar-refractivity contribution in [2.75, 3.05) is 13.4 Å². The van der Waals surface area contributed by atoms with Gasteiger partial charge in [0.15, 0.2) is 16.3 Å². The molecule has 2 aliphatic rings. The average Bonchev–Trinajstić information content (AvgIpc) is 3.60. The summed E-state index contributed by atoms with van der Waals surface area (Å²) in [6.45, 7) is 10.1. The monoisotopic (exact) mass is 681 g/mol. The molecule has 0 bridgehead atoms. The summed E-state index contributed by atoms with van der Waals surface area (Å²) in [6.07, 6.45) is 1.92. The zero-order chi connectivity index (χ0) is 29.0. The molecule has 0 spiro atoms. The second kappa shape index (κ2) is 10.6. The van der Waals surface area contributed by atoms with Crippen LogP contribution in [0.2, 0.25) is 0 Å². The standard InChI is InChI=1S/C31H28IN3O5S/c1-6-38-30(37)27-18(4)33-31-35(28(27)20-7-10-24-25(13-20)40-15-39-24)29(36)26(41-31)14-21-12-17(3)34(19(21)5)22-8-9-23(32)16(2)11-22/h7-14,28H,6,15H2,1-5H3/b26-14+. The molecular formula is C31H28IN3O5S. The summed E-state index contributed by atoms with van der Waals surface area (Å²) in [6, 6.07) is 13.2. The summed E-state index contributed by atoms with van der Waals surface area (Å²) in [5.74, 6) is 0.695. The van der Waals surface area contributed by atoms with E-state index in [9.17, 15) is 9.59 Å². The fourth-order valence-electron chi connectivity index (χ4n) is 5.43. The van der Waals surface area contributed by atoms with Crippen LogP contribution in [-0.4, -0.2) is 28.5 Å². The first kappa shape index (κ1) is 27.5. The van der Waals surface area contributed by atoms with E-state index in [0.29, 0.717) is 37.7 Å². The van der Waals surface area contributed by atoms with E-state index in [0.717, 1.165) is 22.6 Å². The van der Waals surface area contributed by atoms with Crippen molar-refractivity contribution in [1.29, 1.82) is 0 Å². The number of allylic oxidation sites excluding steroid dienone is 1. The Kier molecular flexibility index (Phi) is 7.14. The van der Waals surface area contributed by atoms with Gasteiger partial charge in [-0.2, -0.15) is 0 Å². The second-order valence-corrected chi connectivity index (χ2v) is 12.2. The number of nitrogens with zero attached hydrogens (tertiary/aromatic N) is 3. The molecule has 41 heavy (non-hydrogen) atoms. The lowest BCUT2D eigenvalue weighted by Gasteiger charge is -2.24. The van der Waals surface area contributed by atoms with Gasteiger partial charge >= 0.3 is 5.97 Å². The lowest BCUT2D eigenvalue weighted by Crippen LogP contribution is -2.39. The molecule has 8 nitrogen and oxygen atoms in total. The highest BCUT2D eigenvalue weighted by molar-refractivity contribution is 14.1. The van der Waals surface area contributed by atoms with Gasteiger partial charge in [0.1, 0.15) is 0 Å². The average molecular weight is 682 g/mol. The Labute approximate surface area is 254 Å². The SMILES string of the molecule is CCOC(=O)C1=C(C)N=c2s/c(=C/c3cc(C)n(-c4ccc(I)c(C)c4)c3C)c(=O)n2C1c1ccc2c(c1)OCO2. The minimum absolute atomic E-state index is 0.126. The highest BCUT2D eigenvalue weighted by Gasteiger charge is 2.34. The van der Waals surface area contributed by atoms with Gasteiger partial charge in [0, 0.05) is 20.6 Å². The van der Waals surface area contributed by atoms with Crippen LogP contribution in [-0.2, 0) is 9.53 Å². The van der Waals surface area contributed by atoms with Gasteiger partial charge in [-0.1, -0.05) is 17.4 Å². The number of aromatic nitrogens is 2. The minimum atomic E-state index is -0.718. The molecule has 2 aliphatic heterocycles. The van der Waals surface area contributed by atoms with E-state index < -0.39 is 12.0 Å². The zero-order valence-corrected chi connectivity index (χ0v) is 26.3. The highest BCUT2D eigenvalue weighted by atomic mass is 127. The van der Waals surface area contributed by atoms with Gasteiger partial charge in [0.05, 0.1) is 28.5 Å². The van der Waals surface area contributed by atoms with E-state index in [1.165, 1.54) is 20.5 Å². The third-order valence-electron chi connectivity index (χ3n) is 7.39. The Bertz CT molecular complexity index is 1950. The maximum Gasteiger partial charge on any atom is 0.338 e. The van der Waals surface area contributed by atoms with E-state index >= 15 is 0 Å². The molecule has 0 radical (unpaired) electrons. The van der Waals surface area contributed by atoms with Crippen molar-refractivity contribution in [2.45, 2.75) is 40.7 Å². The summed E-state index contributed by atoms with van der Waals surface area (Å²) in [7, 11) is 0. The van der Waals surface area contributed by atoms with Crippen LogP contribution >= 0.6 is 33.9 Å². The fraction of sp³-hybridized carbons (Fsp3) is 0.258. The smallest absolute Gasteiger partial charge is 0.338 e. The molecule has 4 heterocycles. The lowest BCUT2D eigenvalue weighted by atomic mass is 9.95. The van der Waals surface area contributed by atoms with Crippen molar-refractivity contribution in [1.82, 2.24) is 9.13 Å². The van der Waals surface area contributed by atoms with Crippen LogP contribution in [0.25, 0.3) is 11.8 Å². The summed E-state index contributed by atoms with van der Waals surface area (Å²) in [5.41, 5.74) is 6.68. The van der Waals surface area contributed by atoms with Gasteiger partial charge in [-0.25, -0.2) is 9.79 Å². The number of carbonyl (C=O) groups is 1. The summed E-state index contributed by atoms with van der Waals surface area (Å²) >= 11 is 3.65. The molecular weight excluding hydrogens is 653 g/mol. The molecule has 4 aromatic rings. The van der Waals surface area contributed by atoms with Gasteiger partial charge in [-0.3, -0.25) is 9.36 Å². The first-order chi connectivity index (χ1) is 19.7. The molecule has 2 aromatic heterocycles. The van der Waals surface area contributed by atoms with Crippen LogP contribution < -0.4 is 24.4 Å². The van der Waals surface area contributed by atoms with Crippen molar-refractivity contribution in [2.24, 2.45) is 4.99 Å². The predicted octanol–water partition coefficient (Wildman–Crippen LogP) is 4.85. The first-order valence-electron chi connectivity index (χ1n) is 13.2. The lowest BCUT2D eigenvalue weighted by molar-refractivity contribution is -0.139. The molecule has 0 N–H and O–H groups in total. The van der Waals surface area contributed by atoms with Crippen LogP contribution in [0.3, 0.4) is 0 Å². The normalized spacial score (nSPS) is 16.1. The van der Waals surface area contributed by atoms with Crippen LogP contribution in [0.4, 0.5) is 0 Å². The highest BCUT2D eigenvalue weighted by Crippen LogP contribution is 2.38. The largest absolute Gasteiger partial charge is 0.463 e. The molecule has 0 saturated carbocycles. The number of carbonyl (C=O) groups excluding carboxylic acids is 1. The molecule has 2 aromatic carbocycles. The van der Waals surface area contributed by atoms with Gasteiger partial charge in [-0.15, -0.1) is 0 Å². The van der Waals surface area contributed by atoms with E-state index in [-0.39, 0.29) is 19.0 Å². The molecule has 1 atom stereocenters. The number of thiazole rings is 1. The predicted molar refractivity (Wildman–Crippen MR) is 166 cm³/mol. The maximum absolute atomic E-state index is 14.1. The molecule has 6 rings (SSSR count). The number of halogens is 1. The third kappa shape index (κ3) is 4.72. The van der Waals surface area contributed by atoms with Crippen molar-refractivity contribution in [3.05, 3.63) is 105 Å². The Morgan fingerprint density at radius 2 is 1.90 bits per heavy atom. The number of hydrogen-bond donors (Lipinski definition) is 0. The van der Waals surface area contributed by atoms with Crippen LogP contribution in [0, 0.1) is 24.3 Å². The number of hydrogen-bond acceptors (Lipinski definition) is 7. The van der Waals surface area contributed by atoms with Gasteiger partial charge in [0.25, 0.3) is 5.56 Å². The Hall–Kier alpha value is -3.64. The van der Waals surface area contributed by atoms with Crippen molar-refractivity contribution < 1.29 is 19.0 Å². The zero-order valence-electron chi connectivity index (χ0n) is 23.3. The first-order valence-corrected chi connectivity index (χ1v) is 15.1. The fourth-order valence-corrected chi connectivity index (χ4v) is 6.80. The number of aryl methyl sites for hydroxylation is 2. The summed E-state index contributed by atoms with van der Waals surface area (Å²) in [5, 5.41) is 0. The van der Waals surface area contributed by atoms with E-state index in [2.05, 4.69) is 72.2 Å². The molecule has 0 saturated heterocycles. The van der Waals surface area contributed by atoms with E-state index in [4.69, 9.17) is 19.2 Å². The van der Waals surface area contributed by atoms with Crippen molar-refractivity contribution in [3.8, 4) is 17.2 Å². The third-order valence-corrected chi connectivity index (χ3v) is 9.58. The van der Waals surface area contributed by atoms with Crippen LogP contribution in [0.5, 0.6) is 11.5 Å².